The van der Waals surface area contributed by atoms with Crippen LogP contribution >= 0.6 is 12.2 Å². The third-order valence-corrected chi connectivity index (χ3v) is 3.93. The normalized spacial score (nSPS) is 19.7. The fraction of sp³-hybridized carbons (Fsp3) is 0.533. The summed E-state index contributed by atoms with van der Waals surface area (Å²) in [5, 5.41) is 4.25. The Labute approximate surface area is 115 Å². The second-order valence-electron chi connectivity index (χ2n) is 5.44. The first-order valence-corrected chi connectivity index (χ1v) is 7.10. The Balaban J connectivity index is 2.02. The van der Waals surface area contributed by atoms with Crippen LogP contribution in [0.2, 0.25) is 0 Å². The van der Waals surface area contributed by atoms with Crippen LogP contribution in [0.4, 0.5) is 5.69 Å². The molecule has 1 aliphatic heterocycles. The van der Waals surface area contributed by atoms with Crippen molar-refractivity contribution in [3.8, 4) is 0 Å². The van der Waals surface area contributed by atoms with Crippen LogP contribution in [-0.4, -0.2) is 23.1 Å². The summed E-state index contributed by atoms with van der Waals surface area (Å²) in [5.74, 6) is 0.748. The molecule has 0 unspecified atom stereocenters. The Kier molecular flexibility index (Phi) is 4.23. The first kappa shape index (κ1) is 13.3. The number of benzene rings is 1. The Hall–Kier alpha value is -1.09. The van der Waals surface area contributed by atoms with Gasteiger partial charge in [-0.2, -0.15) is 0 Å². The smallest absolute Gasteiger partial charge is 0.173 e. The molecule has 3 heteroatoms. The molecule has 0 amide bonds. The van der Waals surface area contributed by atoms with Gasteiger partial charge in [-0.1, -0.05) is 24.6 Å². The highest BCUT2D eigenvalue weighted by Gasteiger charge is 2.18. The second kappa shape index (κ2) is 5.70. The van der Waals surface area contributed by atoms with E-state index in [1.54, 1.807) is 0 Å². The van der Waals surface area contributed by atoms with Crippen molar-refractivity contribution in [3.05, 3.63) is 29.3 Å². The quantitative estimate of drug-likeness (QED) is 0.776. The SMILES string of the molecule is Cc1ccc(NC(=S)N2CCC[C@H](C)C2)c(C)c1. The predicted octanol–water partition coefficient (Wildman–Crippen LogP) is 3.73. The maximum atomic E-state index is 5.52. The summed E-state index contributed by atoms with van der Waals surface area (Å²) in [6.45, 7) is 8.70. The lowest BCUT2D eigenvalue weighted by Gasteiger charge is -2.33. The Bertz CT molecular complexity index is 442. The van der Waals surface area contributed by atoms with Gasteiger partial charge >= 0.3 is 0 Å². The molecule has 1 N–H and O–H groups in total. The largest absolute Gasteiger partial charge is 0.349 e. The van der Waals surface area contributed by atoms with E-state index < -0.39 is 0 Å². The molecule has 1 aromatic carbocycles. The number of rotatable bonds is 1. The molecule has 1 atom stereocenters. The zero-order chi connectivity index (χ0) is 13.1. The lowest BCUT2D eigenvalue weighted by Crippen LogP contribution is -2.41. The van der Waals surface area contributed by atoms with E-state index >= 15 is 0 Å². The van der Waals surface area contributed by atoms with Gasteiger partial charge in [-0.15, -0.1) is 0 Å². The number of nitrogens with zero attached hydrogens (tertiary/aromatic N) is 1. The Morgan fingerprint density at radius 3 is 2.83 bits per heavy atom. The van der Waals surface area contributed by atoms with Crippen molar-refractivity contribution in [1.29, 1.82) is 0 Å². The fourth-order valence-corrected chi connectivity index (χ4v) is 2.80. The third-order valence-electron chi connectivity index (χ3n) is 3.57. The molecule has 1 aromatic rings. The van der Waals surface area contributed by atoms with Gasteiger partial charge in [0.1, 0.15) is 0 Å². The van der Waals surface area contributed by atoms with Crippen molar-refractivity contribution in [2.75, 3.05) is 18.4 Å². The maximum Gasteiger partial charge on any atom is 0.173 e. The molecular formula is C15H22N2S. The molecular weight excluding hydrogens is 240 g/mol. The van der Waals surface area contributed by atoms with Gasteiger partial charge < -0.3 is 10.2 Å². The summed E-state index contributed by atoms with van der Waals surface area (Å²) < 4.78 is 0. The highest BCUT2D eigenvalue weighted by molar-refractivity contribution is 7.80. The van der Waals surface area contributed by atoms with Crippen molar-refractivity contribution in [1.82, 2.24) is 4.90 Å². The van der Waals surface area contributed by atoms with E-state index in [-0.39, 0.29) is 0 Å². The highest BCUT2D eigenvalue weighted by atomic mass is 32.1. The first-order valence-electron chi connectivity index (χ1n) is 6.69. The molecule has 0 saturated carbocycles. The molecule has 2 rings (SSSR count). The van der Waals surface area contributed by atoms with Gasteiger partial charge in [0.05, 0.1) is 0 Å². The van der Waals surface area contributed by atoms with Crippen LogP contribution in [0.1, 0.15) is 30.9 Å². The number of likely N-dealkylation sites (tertiary alicyclic amines) is 1. The van der Waals surface area contributed by atoms with Gasteiger partial charge in [-0.25, -0.2) is 0 Å². The van der Waals surface area contributed by atoms with Crippen LogP contribution in [0, 0.1) is 19.8 Å². The zero-order valence-corrected chi connectivity index (χ0v) is 12.3. The molecule has 0 aromatic heterocycles. The van der Waals surface area contributed by atoms with Crippen LogP contribution < -0.4 is 5.32 Å². The van der Waals surface area contributed by atoms with Crippen LogP contribution in [0.3, 0.4) is 0 Å². The minimum Gasteiger partial charge on any atom is -0.349 e. The van der Waals surface area contributed by atoms with Crippen molar-refractivity contribution in [3.63, 3.8) is 0 Å². The molecule has 0 aliphatic carbocycles. The summed E-state index contributed by atoms with van der Waals surface area (Å²) in [5.41, 5.74) is 3.67. The summed E-state index contributed by atoms with van der Waals surface area (Å²) in [6, 6.07) is 6.42. The lowest BCUT2D eigenvalue weighted by atomic mass is 10.0. The zero-order valence-electron chi connectivity index (χ0n) is 11.5. The molecule has 18 heavy (non-hydrogen) atoms. The van der Waals surface area contributed by atoms with Gasteiger partial charge in [0, 0.05) is 18.8 Å². The minimum absolute atomic E-state index is 0.748. The Morgan fingerprint density at radius 1 is 1.39 bits per heavy atom. The van der Waals surface area contributed by atoms with E-state index in [9.17, 15) is 0 Å². The summed E-state index contributed by atoms with van der Waals surface area (Å²) in [6.07, 6.45) is 2.57. The van der Waals surface area contributed by atoms with Gasteiger partial charge in [0.2, 0.25) is 0 Å². The van der Waals surface area contributed by atoms with Crippen molar-refractivity contribution in [2.24, 2.45) is 5.92 Å². The minimum atomic E-state index is 0.748. The van der Waals surface area contributed by atoms with Gasteiger partial charge in [0.15, 0.2) is 5.11 Å². The lowest BCUT2D eigenvalue weighted by molar-refractivity contribution is 0.276. The van der Waals surface area contributed by atoms with E-state index in [2.05, 4.69) is 49.2 Å². The van der Waals surface area contributed by atoms with Crippen LogP contribution in [0.5, 0.6) is 0 Å². The summed E-state index contributed by atoms with van der Waals surface area (Å²) >= 11 is 5.52. The number of nitrogens with one attached hydrogen (secondary N) is 1. The summed E-state index contributed by atoms with van der Waals surface area (Å²) in [7, 11) is 0. The Morgan fingerprint density at radius 2 is 2.17 bits per heavy atom. The number of thiocarbonyl (C=S) groups is 1. The number of piperidine rings is 1. The topological polar surface area (TPSA) is 15.3 Å². The predicted molar refractivity (Wildman–Crippen MR) is 82.1 cm³/mol. The van der Waals surface area contributed by atoms with Crippen LogP contribution in [0.15, 0.2) is 18.2 Å². The van der Waals surface area contributed by atoms with Crippen LogP contribution in [-0.2, 0) is 0 Å². The average Bonchev–Trinajstić information content (AvgIpc) is 2.32. The van der Waals surface area contributed by atoms with E-state index in [1.165, 1.54) is 24.0 Å². The van der Waals surface area contributed by atoms with E-state index in [0.717, 1.165) is 29.8 Å². The van der Waals surface area contributed by atoms with Crippen molar-refractivity contribution >= 4 is 23.0 Å². The number of hydrogen-bond acceptors (Lipinski definition) is 1. The van der Waals surface area contributed by atoms with E-state index in [0.29, 0.717) is 0 Å². The molecule has 0 radical (unpaired) electrons. The molecule has 0 spiro atoms. The van der Waals surface area contributed by atoms with Gasteiger partial charge in [0.25, 0.3) is 0 Å². The average molecular weight is 262 g/mol. The molecule has 0 bridgehead atoms. The molecule has 2 nitrogen and oxygen atoms in total. The molecule has 1 aliphatic rings. The van der Waals surface area contributed by atoms with E-state index in [1.807, 2.05) is 0 Å². The van der Waals surface area contributed by atoms with Crippen molar-refractivity contribution < 1.29 is 0 Å². The molecule has 1 heterocycles. The third kappa shape index (κ3) is 3.22. The maximum absolute atomic E-state index is 5.52. The fourth-order valence-electron chi connectivity index (χ4n) is 2.52. The number of hydrogen-bond donors (Lipinski definition) is 1. The number of aryl methyl sites for hydroxylation is 2. The van der Waals surface area contributed by atoms with Crippen molar-refractivity contribution in [2.45, 2.75) is 33.6 Å². The summed E-state index contributed by atoms with van der Waals surface area (Å²) in [4.78, 5) is 2.29. The number of anilines is 1. The van der Waals surface area contributed by atoms with Gasteiger partial charge in [-0.05, 0) is 56.5 Å². The van der Waals surface area contributed by atoms with Gasteiger partial charge in [-0.3, -0.25) is 0 Å². The van der Waals surface area contributed by atoms with E-state index in [4.69, 9.17) is 12.2 Å². The second-order valence-corrected chi connectivity index (χ2v) is 5.83. The molecule has 1 saturated heterocycles. The highest BCUT2D eigenvalue weighted by Crippen LogP contribution is 2.19. The monoisotopic (exact) mass is 262 g/mol. The molecule has 1 fully saturated rings. The molecule has 98 valence electrons. The van der Waals surface area contributed by atoms with Crippen LogP contribution in [0.25, 0.3) is 0 Å². The standard InChI is InChI=1S/C15H22N2S/c1-11-6-7-14(13(3)9-11)16-15(18)17-8-4-5-12(2)10-17/h6-7,9,12H,4-5,8,10H2,1-3H3,(H,16,18)/t12-/m0/s1. The first-order chi connectivity index (χ1) is 8.56.